The number of unbranched alkanes of at least 4 members (excludes halogenated alkanes) is 1. The van der Waals surface area contributed by atoms with E-state index in [-0.39, 0.29) is 11.1 Å². The zero-order chi connectivity index (χ0) is 28.4. The first-order chi connectivity index (χ1) is 19.2. The Morgan fingerprint density at radius 2 is 1.60 bits per heavy atom. The minimum atomic E-state index is 0.00680. The van der Waals surface area contributed by atoms with Crippen molar-refractivity contribution in [3.05, 3.63) is 105 Å². The highest BCUT2D eigenvalue weighted by Crippen LogP contribution is 2.31. The SMILES string of the molecule is CCCCc1cn(-c2c(C)cc(C(C)(C)C)cc2C)c(=O)n1Cc1ccc(-c2ccccc2-c2nn[nH]n2)cc1. The molecular weight excluding hydrogens is 496 g/mol. The molecule has 1 N–H and O–H groups in total. The van der Waals surface area contributed by atoms with Gasteiger partial charge < -0.3 is 0 Å². The zero-order valence-corrected chi connectivity index (χ0v) is 24.3. The van der Waals surface area contributed by atoms with Crippen molar-refractivity contribution in [2.24, 2.45) is 0 Å². The Hall–Kier alpha value is -4.26. The molecule has 0 radical (unpaired) electrons. The van der Waals surface area contributed by atoms with E-state index in [4.69, 9.17) is 0 Å². The Labute approximate surface area is 235 Å². The number of nitrogens with zero attached hydrogens (tertiary/aromatic N) is 5. The van der Waals surface area contributed by atoms with Crippen LogP contribution < -0.4 is 5.69 Å². The Morgan fingerprint density at radius 3 is 2.20 bits per heavy atom. The van der Waals surface area contributed by atoms with Crippen LogP contribution in [-0.4, -0.2) is 29.8 Å². The Bertz CT molecular complexity index is 1640. The van der Waals surface area contributed by atoms with Gasteiger partial charge in [0.25, 0.3) is 0 Å². The number of H-pyrrole nitrogens is 1. The van der Waals surface area contributed by atoms with Crippen LogP contribution in [0, 0.1) is 13.8 Å². The summed E-state index contributed by atoms with van der Waals surface area (Å²) in [6.45, 7) is 13.6. The van der Waals surface area contributed by atoms with E-state index in [9.17, 15) is 4.79 Å². The molecule has 7 heteroatoms. The molecule has 3 aromatic carbocycles. The highest BCUT2D eigenvalue weighted by atomic mass is 16.1. The molecule has 0 bridgehead atoms. The van der Waals surface area contributed by atoms with Crippen molar-refractivity contribution in [3.63, 3.8) is 0 Å². The van der Waals surface area contributed by atoms with Crippen LogP contribution >= 0.6 is 0 Å². The predicted octanol–water partition coefficient (Wildman–Crippen LogP) is 6.79. The van der Waals surface area contributed by atoms with E-state index < -0.39 is 0 Å². The summed E-state index contributed by atoms with van der Waals surface area (Å²) in [5.41, 5.74) is 9.73. The average molecular weight is 535 g/mol. The highest BCUT2D eigenvalue weighted by Gasteiger charge is 2.20. The molecule has 0 saturated heterocycles. The van der Waals surface area contributed by atoms with Crippen LogP contribution in [-0.2, 0) is 18.4 Å². The number of rotatable bonds is 8. The standard InChI is InChI=1S/C33H38N6O/c1-7-8-11-27-21-39(30-22(2)18-26(19-23(30)3)33(4,5)6)32(40)38(27)20-24-14-16-25(17-15-24)28-12-9-10-13-29(28)31-34-36-37-35-31/h9-10,12-19,21H,7-8,11,20H2,1-6H3,(H,34,35,36,37). The summed E-state index contributed by atoms with van der Waals surface area (Å²) in [7, 11) is 0. The first kappa shape index (κ1) is 27.3. The van der Waals surface area contributed by atoms with Crippen molar-refractivity contribution < 1.29 is 0 Å². The first-order valence-electron chi connectivity index (χ1n) is 14.0. The number of aromatic amines is 1. The van der Waals surface area contributed by atoms with E-state index in [2.05, 4.69) is 111 Å². The molecule has 2 aromatic heterocycles. The molecule has 40 heavy (non-hydrogen) atoms. The summed E-state index contributed by atoms with van der Waals surface area (Å²) < 4.78 is 3.80. The van der Waals surface area contributed by atoms with Gasteiger partial charge in [-0.3, -0.25) is 9.13 Å². The molecular formula is C33H38N6O. The smallest absolute Gasteiger partial charge is 0.292 e. The molecule has 0 fully saturated rings. The van der Waals surface area contributed by atoms with Gasteiger partial charge in [-0.2, -0.15) is 5.21 Å². The molecule has 0 aliphatic rings. The van der Waals surface area contributed by atoms with Crippen LogP contribution in [0.1, 0.15) is 68.5 Å². The lowest BCUT2D eigenvalue weighted by Crippen LogP contribution is -2.26. The van der Waals surface area contributed by atoms with Crippen molar-refractivity contribution >= 4 is 0 Å². The summed E-state index contributed by atoms with van der Waals surface area (Å²) in [5.74, 6) is 0.564. The number of nitrogens with one attached hydrogen (secondary N) is 1. The van der Waals surface area contributed by atoms with Gasteiger partial charge in [-0.05, 0) is 70.7 Å². The summed E-state index contributed by atoms with van der Waals surface area (Å²) in [5, 5.41) is 14.6. The van der Waals surface area contributed by atoms with Crippen LogP contribution in [0.3, 0.4) is 0 Å². The molecule has 0 unspecified atom stereocenters. The van der Waals surface area contributed by atoms with E-state index in [0.29, 0.717) is 12.4 Å². The van der Waals surface area contributed by atoms with Gasteiger partial charge in [0.2, 0.25) is 5.82 Å². The lowest BCUT2D eigenvalue weighted by Gasteiger charge is -2.22. The third kappa shape index (κ3) is 5.41. The quantitative estimate of drug-likeness (QED) is 0.238. The van der Waals surface area contributed by atoms with Gasteiger partial charge >= 0.3 is 5.69 Å². The van der Waals surface area contributed by atoms with Crippen molar-refractivity contribution in [2.75, 3.05) is 0 Å². The molecule has 2 heterocycles. The molecule has 0 aliphatic carbocycles. The van der Waals surface area contributed by atoms with Gasteiger partial charge in [0.1, 0.15) is 0 Å². The summed E-state index contributed by atoms with van der Waals surface area (Å²) >= 11 is 0. The Balaban J connectivity index is 1.50. The molecule has 0 amide bonds. The monoisotopic (exact) mass is 534 g/mol. The second kappa shape index (κ2) is 11.1. The van der Waals surface area contributed by atoms with E-state index >= 15 is 0 Å². The van der Waals surface area contributed by atoms with Crippen LogP contribution in [0.2, 0.25) is 0 Å². The third-order valence-corrected chi connectivity index (χ3v) is 7.57. The van der Waals surface area contributed by atoms with E-state index in [1.807, 2.05) is 27.3 Å². The first-order valence-corrected chi connectivity index (χ1v) is 14.0. The number of imidazole rings is 1. The Kier molecular flexibility index (Phi) is 7.57. The van der Waals surface area contributed by atoms with Crippen molar-refractivity contribution in [1.29, 1.82) is 0 Å². The van der Waals surface area contributed by atoms with Crippen molar-refractivity contribution in [1.82, 2.24) is 29.8 Å². The van der Waals surface area contributed by atoms with E-state index in [1.165, 1.54) is 5.56 Å². The lowest BCUT2D eigenvalue weighted by atomic mass is 9.85. The second-order valence-corrected chi connectivity index (χ2v) is 11.6. The minimum Gasteiger partial charge on any atom is -0.292 e. The van der Waals surface area contributed by atoms with E-state index in [0.717, 1.165) is 64.0 Å². The van der Waals surface area contributed by atoms with Crippen molar-refractivity contribution in [3.8, 4) is 28.2 Å². The third-order valence-electron chi connectivity index (χ3n) is 7.57. The number of aryl methyl sites for hydroxylation is 3. The van der Waals surface area contributed by atoms with E-state index in [1.54, 1.807) is 0 Å². The average Bonchev–Trinajstić information content (AvgIpc) is 3.56. The normalized spacial score (nSPS) is 11.8. The largest absolute Gasteiger partial charge is 0.333 e. The van der Waals surface area contributed by atoms with Gasteiger partial charge in [-0.1, -0.05) is 94.8 Å². The zero-order valence-electron chi connectivity index (χ0n) is 24.3. The molecule has 5 rings (SSSR count). The predicted molar refractivity (Wildman–Crippen MR) is 161 cm³/mol. The van der Waals surface area contributed by atoms with Crippen molar-refractivity contribution in [2.45, 2.75) is 72.8 Å². The minimum absolute atomic E-state index is 0.00680. The maximum atomic E-state index is 13.9. The molecule has 0 aliphatic heterocycles. The number of tetrazole rings is 1. The molecule has 0 atom stereocenters. The summed E-state index contributed by atoms with van der Waals surface area (Å²) in [6, 6.07) is 20.9. The van der Waals surface area contributed by atoms with Gasteiger partial charge in [-0.15, -0.1) is 10.2 Å². The van der Waals surface area contributed by atoms with Crippen LogP contribution in [0.4, 0.5) is 0 Å². The van der Waals surface area contributed by atoms with Crippen LogP contribution in [0.25, 0.3) is 28.2 Å². The fourth-order valence-corrected chi connectivity index (χ4v) is 5.36. The fraction of sp³-hybridized carbons (Fsp3) is 0.333. The molecule has 5 aromatic rings. The summed E-state index contributed by atoms with van der Waals surface area (Å²) in [6.07, 6.45) is 5.04. The molecule has 206 valence electrons. The maximum absolute atomic E-state index is 13.9. The number of hydrogen-bond acceptors (Lipinski definition) is 4. The van der Waals surface area contributed by atoms with Crippen LogP contribution in [0.5, 0.6) is 0 Å². The highest BCUT2D eigenvalue weighted by molar-refractivity contribution is 5.80. The molecule has 7 nitrogen and oxygen atoms in total. The number of benzene rings is 3. The molecule has 0 saturated carbocycles. The molecule has 0 spiro atoms. The lowest BCUT2D eigenvalue weighted by molar-refractivity contribution is 0.589. The number of hydrogen-bond donors (Lipinski definition) is 1. The second-order valence-electron chi connectivity index (χ2n) is 11.6. The fourth-order valence-electron chi connectivity index (χ4n) is 5.36. The van der Waals surface area contributed by atoms with Gasteiger partial charge in [0, 0.05) is 17.5 Å². The van der Waals surface area contributed by atoms with Gasteiger partial charge in [0.05, 0.1) is 12.2 Å². The van der Waals surface area contributed by atoms with Crippen LogP contribution in [0.15, 0.2) is 71.7 Å². The Morgan fingerprint density at radius 1 is 0.925 bits per heavy atom. The number of aromatic nitrogens is 6. The topological polar surface area (TPSA) is 81.4 Å². The maximum Gasteiger partial charge on any atom is 0.333 e. The summed E-state index contributed by atoms with van der Waals surface area (Å²) in [4.78, 5) is 13.9. The van der Waals surface area contributed by atoms with Gasteiger partial charge in [0.15, 0.2) is 0 Å². The van der Waals surface area contributed by atoms with Gasteiger partial charge in [-0.25, -0.2) is 4.79 Å².